The van der Waals surface area contributed by atoms with Gasteiger partial charge in [0.05, 0.1) is 18.4 Å². The fraction of sp³-hybridized carbons (Fsp3) is 0.750. The van der Waals surface area contributed by atoms with E-state index in [2.05, 4.69) is 22.4 Å². The molecule has 1 atom stereocenters. The Balaban J connectivity index is 1.86. The number of morpholine rings is 1. The third-order valence-electron chi connectivity index (χ3n) is 3.13. The summed E-state index contributed by atoms with van der Waals surface area (Å²) in [6.45, 7) is 8.44. The first kappa shape index (κ1) is 12.5. The molecule has 1 saturated heterocycles. The van der Waals surface area contributed by atoms with Gasteiger partial charge in [0, 0.05) is 31.7 Å². The average molecular weight is 239 g/mol. The van der Waals surface area contributed by atoms with E-state index in [9.17, 15) is 0 Å². The SMILES string of the molecule is Cc1noc(C)c1CN(C)CC1CNCCO1. The van der Waals surface area contributed by atoms with E-state index in [4.69, 9.17) is 9.26 Å². The largest absolute Gasteiger partial charge is 0.374 e. The second-order valence-electron chi connectivity index (χ2n) is 4.70. The van der Waals surface area contributed by atoms with Gasteiger partial charge in [0.25, 0.3) is 0 Å². The summed E-state index contributed by atoms with van der Waals surface area (Å²) in [6, 6.07) is 0. The van der Waals surface area contributed by atoms with Crippen LogP contribution in [-0.2, 0) is 11.3 Å². The van der Waals surface area contributed by atoms with Crippen LogP contribution < -0.4 is 5.32 Å². The summed E-state index contributed by atoms with van der Waals surface area (Å²) in [4.78, 5) is 2.25. The Hall–Kier alpha value is -0.910. The maximum atomic E-state index is 5.69. The van der Waals surface area contributed by atoms with Gasteiger partial charge >= 0.3 is 0 Å². The lowest BCUT2D eigenvalue weighted by atomic mass is 10.2. The molecule has 1 aromatic heterocycles. The lowest BCUT2D eigenvalue weighted by Gasteiger charge is -2.27. The highest BCUT2D eigenvalue weighted by atomic mass is 16.5. The van der Waals surface area contributed by atoms with Crippen LogP contribution in [0, 0.1) is 13.8 Å². The van der Waals surface area contributed by atoms with Crippen LogP contribution in [0.25, 0.3) is 0 Å². The number of aromatic nitrogens is 1. The number of hydrogen-bond acceptors (Lipinski definition) is 5. The predicted octanol–water partition coefficient (Wildman–Crippen LogP) is 0.712. The van der Waals surface area contributed by atoms with Crippen molar-refractivity contribution in [2.75, 3.05) is 33.3 Å². The molecule has 96 valence electrons. The molecule has 0 amide bonds. The van der Waals surface area contributed by atoms with Crippen molar-refractivity contribution in [3.63, 3.8) is 0 Å². The fourth-order valence-electron chi connectivity index (χ4n) is 2.15. The summed E-state index contributed by atoms with van der Waals surface area (Å²) in [6.07, 6.45) is 0.286. The average Bonchev–Trinajstić information content (AvgIpc) is 2.62. The molecule has 2 heterocycles. The van der Waals surface area contributed by atoms with Crippen LogP contribution in [0.5, 0.6) is 0 Å². The van der Waals surface area contributed by atoms with Crippen molar-refractivity contribution in [2.45, 2.75) is 26.5 Å². The predicted molar refractivity (Wildman–Crippen MR) is 64.9 cm³/mol. The van der Waals surface area contributed by atoms with Crippen molar-refractivity contribution in [2.24, 2.45) is 0 Å². The molecule has 1 N–H and O–H groups in total. The Morgan fingerprint density at radius 3 is 2.88 bits per heavy atom. The highest BCUT2D eigenvalue weighted by Gasteiger charge is 2.17. The lowest BCUT2D eigenvalue weighted by Crippen LogP contribution is -2.44. The fourth-order valence-corrected chi connectivity index (χ4v) is 2.15. The van der Waals surface area contributed by atoms with E-state index >= 15 is 0 Å². The minimum Gasteiger partial charge on any atom is -0.374 e. The molecular weight excluding hydrogens is 218 g/mol. The van der Waals surface area contributed by atoms with E-state index < -0.39 is 0 Å². The Kier molecular flexibility index (Phi) is 4.15. The number of likely N-dealkylation sites (N-methyl/N-ethyl adjacent to an activating group) is 1. The van der Waals surface area contributed by atoms with Crippen molar-refractivity contribution in [3.8, 4) is 0 Å². The summed E-state index contributed by atoms with van der Waals surface area (Å²) in [5.41, 5.74) is 2.17. The molecule has 1 aliphatic rings. The minimum atomic E-state index is 0.286. The number of nitrogens with zero attached hydrogens (tertiary/aromatic N) is 2. The topological polar surface area (TPSA) is 50.5 Å². The van der Waals surface area contributed by atoms with Crippen LogP contribution in [0.3, 0.4) is 0 Å². The molecule has 0 saturated carbocycles. The van der Waals surface area contributed by atoms with E-state index in [1.54, 1.807) is 0 Å². The zero-order valence-electron chi connectivity index (χ0n) is 10.8. The summed E-state index contributed by atoms with van der Waals surface area (Å²) < 4.78 is 10.9. The van der Waals surface area contributed by atoms with Gasteiger partial charge in [-0.1, -0.05) is 5.16 Å². The zero-order valence-corrected chi connectivity index (χ0v) is 10.8. The molecule has 5 heteroatoms. The van der Waals surface area contributed by atoms with Crippen LogP contribution >= 0.6 is 0 Å². The van der Waals surface area contributed by atoms with Crippen LogP contribution in [0.4, 0.5) is 0 Å². The van der Waals surface area contributed by atoms with Crippen LogP contribution in [0.1, 0.15) is 17.0 Å². The Morgan fingerprint density at radius 1 is 1.47 bits per heavy atom. The van der Waals surface area contributed by atoms with Gasteiger partial charge in [-0.25, -0.2) is 0 Å². The summed E-state index contributed by atoms with van der Waals surface area (Å²) in [7, 11) is 2.10. The first-order valence-corrected chi connectivity index (χ1v) is 6.09. The van der Waals surface area contributed by atoms with Crippen LogP contribution in [0.15, 0.2) is 4.52 Å². The summed E-state index contributed by atoms with van der Waals surface area (Å²) in [5.74, 6) is 0.914. The Bertz CT molecular complexity index is 339. The number of nitrogens with one attached hydrogen (secondary N) is 1. The highest BCUT2D eigenvalue weighted by molar-refractivity contribution is 5.20. The quantitative estimate of drug-likeness (QED) is 0.838. The third kappa shape index (κ3) is 3.28. The van der Waals surface area contributed by atoms with E-state index in [1.807, 2.05) is 13.8 Å². The Morgan fingerprint density at radius 2 is 2.29 bits per heavy atom. The van der Waals surface area contributed by atoms with Crippen molar-refractivity contribution >= 4 is 0 Å². The number of ether oxygens (including phenoxy) is 1. The third-order valence-corrected chi connectivity index (χ3v) is 3.13. The second-order valence-corrected chi connectivity index (χ2v) is 4.70. The lowest BCUT2D eigenvalue weighted by molar-refractivity contribution is 0.00876. The molecule has 0 aromatic carbocycles. The minimum absolute atomic E-state index is 0.286. The van der Waals surface area contributed by atoms with Crippen LogP contribution in [-0.4, -0.2) is 49.4 Å². The summed E-state index contributed by atoms with van der Waals surface area (Å²) >= 11 is 0. The molecule has 0 aliphatic carbocycles. The van der Waals surface area contributed by atoms with Crippen molar-refractivity contribution in [1.82, 2.24) is 15.4 Å². The highest BCUT2D eigenvalue weighted by Crippen LogP contribution is 2.14. The number of hydrogen-bond donors (Lipinski definition) is 1. The molecule has 5 nitrogen and oxygen atoms in total. The monoisotopic (exact) mass is 239 g/mol. The summed E-state index contributed by atoms with van der Waals surface area (Å²) in [5, 5.41) is 7.31. The van der Waals surface area contributed by atoms with Gasteiger partial charge < -0.3 is 14.6 Å². The van der Waals surface area contributed by atoms with Gasteiger partial charge in [0.2, 0.25) is 0 Å². The smallest absolute Gasteiger partial charge is 0.138 e. The van der Waals surface area contributed by atoms with Crippen LogP contribution in [0.2, 0.25) is 0 Å². The maximum absolute atomic E-state index is 5.69. The standard InChI is InChI=1S/C12H21N3O2/c1-9-12(10(2)17-14-9)8-15(3)7-11-6-13-4-5-16-11/h11,13H,4-8H2,1-3H3. The van der Waals surface area contributed by atoms with Crippen molar-refractivity contribution < 1.29 is 9.26 Å². The molecule has 0 radical (unpaired) electrons. The molecule has 2 rings (SSSR count). The molecule has 1 aromatic rings. The first-order valence-electron chi connectivity index (χ1n) is 6.09. The van der Waals surface area contributed by atoms with E-state index in [0.29, 0.717) is 0 Å². The van der Waals surface area contributed by atoms with Gasteiger partial charge in [0.15, 0.2) is 0 Å². The van der Waals surface area contributed by atoms with E-state index in [1.165, 1.54) is 5.56 Å². The van der Waals surface area contributed by atoms with E-state index in [-0.39, 0.29) is 6.10 Å². The Labute approximate surface area is 102 Å². The maximum Gasteiger partial charge on any atom is 0.138 e. The van der Waals surface area contributed by atoms with Gasteiger partial charge in [-0.05, 0) is 20.9 Å². The zero-order chi connectivity index (χ0) is 12.3. The normalized spacial score (nSPS) is 21.1. The number of aryl methyl sites for hydroxylation is 2. The second kappa shape index (κ2) is 5.62. The molecule has 1 fully saturated rings. The molecule has 1 aliphatic heterocycles. The van der Waals surface area contributed by atoms with Gasteiger partial charge in [-0.3, -0.25) is 4.90 Å². The molecular formula is C12H21N3O2. The molecule has 1 unspecified atom stereocenters. The van der Waals surface area contributed by atoms with E-state index in [0.717, 1.165) is 44.2 Å². The molecule has 0 spiro atoms. The van der Waals surface area contributed by atoms with Gasteiger partial charge in [0.1, 0.15) is 5.76 Å². The number of rotatable bonds is 4. The van der Waals surface area contributed by atoms with Gasteiger partial charge in [-0.2, -0.15) is 0 Å². The van der Waals surface area contributed by atoms with Crippen molar-refractivity contribution in [1.29, 1.82) is 0 Å². The first-order chi connectivity index (χ1) is 8.16. The van der Waals surface area contributed by atoms with Crippen molar-refractivity contribution in [3.05, 3.63) is 17.0 Å². The molecule has 0 bridgehead atoms. The molecule has 17 heavy (non-hydrogen) atoms. The van der Waals surface area contributed by atoms with Gasteiger partial charge in [-0.15, -0.1) is 0 Å².